The Kier molecular flexibility index (Phi) is 7.04. The van der Waals surface area contributed by atoms with E-state index in [1.165, 1.54) is 24.5 Å². The van der Waals surface area contributed by atoms with Crippen LogP contribution in [0, 0.1) is 12.7 Å². The minimum absolute atomic E-state index is 0.177. The number of nitrogens with one attached hydrogen (secondary N) is 1. The third-order valence-corrected chi connectivity index (χ3v) is 5.48. The molecule has 2 heterocycles. The number of nitrogens with zero attached hydrogens (tertiary/aromatic N) is 1. The second-order valence-corrected chi connectivity index (χ2v) is 7.62. The van der Waals surface area contributed by atoms with Gasteiger partial charge >= 0.3 is 0 Å². The van der Waals surface area contributed by atoms with Crippen molar-refractivity contribution in [2.24, 2.45) is 0 Å². The number of aryl methyl sites for hydroxylation is 1. The largest absolute Gasteiger partial charge is 0.508 e. The summed E-state index contributed by atoms with van der Waals surface area (Å²) in [6.45, 7) is 5.31. The molecule has 0 radical (unpaired) electrons. The molecule has 2 aliphatic rings. The smallest absolute Gasteiger partial charge is 0.222 e. The summed E-state index contributed by atoms with van der Waals surface area (Å²) in [4.78, 5) is 13.1. The van der Waals surface area contributed by atoms with Crippen molar-refractivity contribution in [3.05, 3.63) is 65.0 Å². The highest BCUT2D eigenvalue weighted by atomic mass is 19.1. The van der Waals surface area contributed by atoms with Crippen LogP contribution in [-0.2, 0) is 11.3 Å². The number of piperidine rings is 1. The van der Waals surface area contributed by atoms with Crippen molar-refractivity contribution < 1.29 is 14.3 Å². The first-order valence-electron chi connectivity index (χ1n) is 10.1. The van der Waals surface area contributed by atoms with Gasteiger partial charge < -0.3 is 15.3 Å². The number of carbonyl (C=O) groups excluding carboxylic acids is 1. The predicted octanol–water partition coefficient (Wildman–Crippen LogP) is 4.12. The molecule has 2 N–H and O–H groups in total. The van der Waals surface area contributed by atoms with Crippen LogP contribution in [0.15, 0.2) is 42.5 Å². The minimum Gasteiger partial charge on any atom is -0.508 e. The van der Waals surface area contributed by atoms with Crippen molar-refractivity contribution >= 4 is 5.91 Å². The highest BCUT2D eigenvalue weighted by Gasteiger charge is 2.20. The van der Waals surface area contributed by atoms with Crippen LogP contribution >= 0.6 is 0 Å². The molecule has 5 heteroatoms. The first-order valence-corrected chi connectivity index (χ1v) is 10.1. The third kappa shape index (κ3) is 5.55. The summed E-state index contributed by atoms with van der Waals surface area (Å²) in [5.74, 6) is 1.02. The number of aromatic hydroxyl groups is 1. The summed E-state index contributed by atoms with van der Waals surface area (Å²) < 4.78 is 13.2. The molecule has 150 valence electrons. The number of rotatable bonds is 3. The van der Waals surface area contributed by atoms with E-state index in [9.17, 15) is 9.18 Å². The van der Waals surface area contributed by atoms with Gasteiger partial charge in [-0.1, -0.05) is 24.3 Å². The number of phenols is 1. The SMILES string of the molecule is Cc1ccc(CN2CCCC2=O)cc1F.Oc1ccc(C2CCNCC2)cc1. The Bertz CT molecular complexity index is 786. The van der Waals surface area contributed by atoms with Gasteiger partial charge in [0.15, 0.2) is 0 Å². The van der Waals surface area contributed by atoms with Crippen LogP contribution in [0.5, 0.6) is 5.75 Å². The van der Waals surface area contributed by atoms with E-state index in [0.717, 1.165) is 31.6 Å². The normalized spacial score (nSPS) is 17.4. The highest BCUT2D eigenvalue weighted by Crippen LogP contribution is 2.26. The maximum atomic E-state index is 13.2. The second kappa shape index (κ2) is 9.69. The molecule has 0 aromatic heterocycles. The molecule has 2 aromatic rings. The van der Waals surface area contributed by atoms with Crippen LogP contribution in [0.4, 0.5) is 4.39 Å². The Balaban J connectivity index is 0.000000162. The summed E-state index contributed by atoms with van der Waals surface area (Å²) in [7, 11) is 0. The molecule has 2 aliphatic heterocycles. The minimum atomic E-state index is -0.195. The van der Waals surface area contributed by atoms with Crippen LogP contribution in [0.1, 0.15) is 48.3 Å². The van der Waals surface area contributed by atoms with Crippen molar-refractivity contribution in [3.8, 4) is 5.75 Å². The molecule has 0 saturated carbocycles. The van der Waals surface area contributed by atoms with Gasteiger partial charge in [-0.15, -0.1) is 0 Å². The Morgan fingerprint density at radius 2 is 1.86 bits per heavy atom. The molecule has 0 bridgehead atoms. The van der Waals surface area contributed by atoms with Crippen molar-refractivity contribution in [2.45, 2.75) is 45.1 Å². The van der Waals surface area contributed by atoms with Crippen LogP contribution in [-0.4, -0.2) is 35.5 Å². The first-order chi connectivity index (χ1) is 13.5. The number of phenolic OH excluding ortho intramolecular Hbond substituents is 1. The lowest BCUT2D eigenvalue weighted by Crippen LogP contribution is -2.26. The van der Waals surface area contributed by atoms with Crippen LogP contribution in [0.3, 0.4) is 0 Å². The monoisotopic (exact) mass is 384 g/mol. The maximum Gasteiger partial charge on any atom is 0.222 e. The van der Waals surface area contributed by atoms with E-state index in [0.29, 0.717) is 30.2 Å². The van der Waals surface area contributed by atoms with Gasteiger partial charge in [0.05, 0.1) is 0 Å². The first kappa shape index (κ1) is 20.3. The summed E-state index contributed by atoms with van der Waals surface area (Å²) in [5, 5.41) is 12.5. The Morgan fingerprint density at radius 3 is 2.46 bits per heavy atom. The van der Waals surface area contributed by atoms with Gasteiger partial charge in [-0.2, -0.15) is 0 Å². The summed E-state index contributed by atoms with van der Waals surface area (Å²) >= 11 is 0. The van der Waals surface area contributed by atoms with Gasteiger partial charge in [-0.25, -0.2) is 4.39 Å². The molecule has 2 aromatic carbocycles. The van der Waals surface area contributed by atoms with Gasteiger partial charge in [0.2, 0.25) is 5.91 Å². The third-order valence-electron chi connectivity index (χ3n) is 5.48. The number of hydrogen-bond acceptors (Lipinski definition) is 3. The molecule has 0 unspecified atom stereocenters. The molecule has 0 atom stereocenters. The summed E-state index contributed by atoms with van der Waals surface area (Å²) in [6.07, 6.45) is 3.98. The quantitative estimate of drug-likeness (QED) is 0.837. The maximum absolute atomic E-state index is 13.2. The fourth-order valence-corrected chi connectivity index (χ4v) is 3.73. The fourth-order valence-electron chi connectivity index (χ4n) is 3.73. The zero-order valence-corrected chi connectivity index (χ0v) is 16.5. The number of likely N-dealkylation sites (tertiary alicyclic amines) is 1. The molecule has 2 saturated heterocycles. The molecule has 2 fully saturated rings. The molecule has 28 heavy (non-hydrogen) atoms. The Hall–Kier alpha value is -2.40. The average molecular weight is 384 g/mol. The lowest BCUT2D eigenvalue weighted by molar-refractivity contribution is -0.128. The number of benzene rings is 2. The van der Waals surface area contributed by atoms with Crippen molar-refractivity contribution in [1.29, 1.82) is 0 Å². The lowest BCUT2D eigenvalue weighted by atomic mass is 9.90. The van der Waals surface area contributed by atoms with Crippen LogP contribution < -0.4 is 5.32 Å². The second-order valence-electron chi connectivity index (χ2n) is 7.62. The van der Waals surface area contributed by atoms with Gasteiger partial charge in [0.1, 0.15) is 11.6 Å². The zero-order valence-electron chi connectivity index (χ0n) is 16.5. The predicted molar refractivity (Wildman–Crippen MR) is 109 cm³/mol. The zero-order chi connectivity index (χ0) is 19.9. The average Bonchev–Trinajstić information content (AvgIpc) is 3.11. The van der Waals surface area contributed by atoms with Gasteiger partial charge in [0.25, 0.3) is 0 Å². The number of hydrogen-bond donors (Lipinski definition) is 2. The van der Waals surface area contributed by atoms with E-state index in [1.807, 2.05) is 18.2 Å². The molecule has 1 amide bonds. The van der Waals surface area contributed by atoms with E-state index in [-0.39, 0.29) is 11.7 Å². The van der Waals surface area contributed by atoms with Gasteiger partial charge in [-0.05, 0) is 80.1 Å². The highest BCUT2D eigenvalue weighted by molar-refractivity contribution is 5.78. The molecular weight excluding hydrogens is 355 g/mol. The van der Waals surface area contributed by atoms with E-state index >= 15 is 0 Å². The van der Waals surface area contributed by atoms with Crippen molar-refractivity contribution in [1.82, 2.24) is 10.2 Å². The summed E-state index contributed by atoms with van der Waals surface area (Å²) in [5.41, 5.74) is 2.87. The van der Waals surface area contributed by atoms with E-state index < -0.39 is 0 Å². The van der Waals surface area contributed by atoms with Crippen LogP contribution in [0.25, 0.3) is 0 Å². The molecule has 4 rings (SSSR count). The summed E-state index contributed by atoms with van der Waals surface area (Å²) in [6, 6.07) is 12.8. The standard InChI is InChI=1S/C12H14FNO.C11H15NO/c1-9-4-5-10(7-11(9)13)8-14-6-2-3-12(14)15;13-11-3-1-9(2-4-11)10-5-7-12-8-6-10/h4-5,7H,2-3,6,8H2,1H3;1-4,10,12-13H,5-8H2. The van der Waals surface area contributed by atoms with Gasteiger partial charge in [0, 0.05) is 19.5 Å². The number of amides is 1. The van der Waals surface area contributed by atoms with Crippen molar-refractivity contribution in [3.63, 3.8) is 0 Å². The molecular formula is C23H29FN2O2. The van der Waals surface area contributed by atoms with E-state index in [2.05, 4.69) is 5.32 Å². The van der Waals surface area contributed by atoms with Crippen molar-refractivity contribution in [2.75, 3.05) is 19.6 Å². The molecule has 0 aliphatic carbocycles. The van der Waals surface area contributed by atoms with Crippen LogP contribution in [0.2, 0.25) is 0 Å². The van der Waals surface area contributed by atoms with E-state index in [1.54, 1.807) is 30.0 Å². The molecule has 4 nitrogen and oxygen atoms in total. The Labute approximate surface area is 166 Å². The van der Waals surface area contributed by atoms with Gasteiger partial charge in [-0.3, -0.25) is 4.79 Å². The Morgan fingerprint density at radius 1 is 1.14 bits per heavy atom. The van der Waals surface area contributed by atoms with E-state index in [4.69, 9.17) is 5.11 Å². The number of carbonyl (C=O) groups is 1. The fraction of sp³-hybridized carbons (Fsp3) is 0.435. The molecule has 0 spiro atoms. The topological polar surface area (TPSA) is 52.6 Å². The number of halogens is 1. The lowest BCUT2D eigenvalue weighted by Gasteiger charge is -2.22.